The first-order valence-corrected chi connectivity index (χ1v) is 8.72. The molecule has 0 unspecified atom stereocenters. The summed E-state index contributed by atoms with van der Waals surface area (Å²) in [6.07, 6.45) is 3.89. The Kier molecular flexibility index (Phi) is 4.41. The summed E-state index contributed by atoms with van der Waals surface area (Å²) in [4.78, 5) is 28.3. The first kappa shape index (κ1) is 15.7. The van der Waals surface area contributed by atoms with Crippen LogP contribution in [0, 0.1) is 5.41 Å². The highest BCUT2D eigenvalue weighted by atomic mass is 16.2. The number of piperidine rings is 2. The van der Waals surface area contributed by atoms with Gasteiger partial charge in [0.1, 0.15) is 5.41 Å². The summed E-state index contributed by atoms with van der Waals surface area (Å²) < 4.78 is 0. The van der Waals surface area contributed by atoms with Gasteiger partial charge in [-0.15, -0.1) is 0 Å². The van der Waals surface area contributed by atoms with E-state index in [-0.39, 0.29) is 11.8 Å². The van der Waals surface area contributed by atoms with E-state index in [1.165, 1.54) is 0 Å². The smallest absolute Gasteiger partial charge is 0.258 e. The van der Waals surface area contributed by atoms with Crippen LogP contribution in [0.3, 0.4) is 0 Å². The summed E-state index contributed by atoms with van der Waals surface area (Å²) in [6.45, 7) is 8.76. The number of likely N-dealkylation sites (tertiary alicyclic amines) is 1. The van der Waals surface area contributed by atoms with Crippen molar-refractivity contribution in [2.75, 3.05) is 39.3 Å². The number of hydrogen-bond acceptors (Lipinski definition) is 4. The maximum absolute atomic E-state index is 12.9. The molecule has 0 aromatic heterocycles. The molecule has 0 aromatic carbocycles. The first-order valence-electron chi connectivity index (χ1n) is 8.72. The van der Waals surface area contributed by atoms with Crippen molar-refractivity contribution in [1.82, 2.24) is 20.2 Å². The Hall–Kier alpha value is -1.14. The van der Waals surface area contributed by atoms with Crippen molar-refractivity contribution in [3.8, 4) is 0 Å². The van der Waals surface area contributed by atoms with E-state index in [9.17, 15) is 9.59 Å². The number of nitrogens with one attached hydrogen (secondary N) is 1. The Morgan fingerprint density at radius 3 is 2.23 bits per heavy atom. The summed E-state index contributed by atoms with van der Waals surface area (Å²) >= 11 is 0. The molecule has 3 aliphatic heterocycles. The van der Waals surface area contributed by atoms with E-state index in [4.69, 9.17) is 0 Å². The maximum Gasteiger partial charge on any atom is 0.258 e. The molecule has 6 nitrogen and oxygen atoms in total. The van der Waals surface area contributed by atoms with Crippen molar-refractivity contribution < 1.29 is 9.59 Å². The lowest BCUT2D eigenvalue weighted by Gasteiger charge is -2.42. The van der Waals surface area contributed by atoms with Gasteiger partial charge in [-0.2, -0.15) is 0 Å². The van der Waals surface area contributed by atoms with E-state index in [0.717, 1.165) is 38.9 Å². The van der Waals surface area contributed by atoms with E-state index in [1.807, 2.05) is 13.8 Å². The van der Waals surface area contributed by atoms with Crippen molar-refractivity contribution in [3.05, 3.63) is 0 Å². The van der Waals surface area contributed by atoms with Gasteiger partial charge >= 0.3 is 0 Å². The fourth-order valence-corrected chi connectivity index (χ4v) is 4.35. The van der Waals surface area contributed by atoms with Gasteiger partial charge in [-0.25, -0.2) is 0 Å². The first-order chi connectivity index (χ1) is 10.6. The fraction of sp³-hybridized carbons (Fsp3) is 0.875. The van der Waals surface area contributed by atoms with Crippen LogP contribution in [0.4, 0.5) is 0 Å². The van der Waals surface area contributed by atoms with Gasteiger partial charge < -0.3 is 5.32 Å². The van der Waals surface area contributed by atoms with Crippen LogP contribution >= 0.6 is 0 Å². The number of amides is 2. The number of rotatable bonds is 3. The Morgan fingerprint density at radius 1 is 1.09 bits per heavy atom. The molecular formula is C16H28N4O2. The highest BCUT2D eigenvalue weighted by Crippen LogP contribution is 2.40. The fourth-order valence-electron chi connectivity index (χ4n) is 4.35. The van der Waals surface area contributed by atoms with Crippen LogP contribution in [0.15, 0.2) is 0 Å². The normalized spacial score (nSPS) is 27.2. The molecule has 2 amide bonds. The van der Waals surface area contributed by atoms with Crippen LogP contribution in [0.2, 0.25) is 0 Å². The van der Waals surface area contributed by atoms with Gasteiger partial charge in [0.2, 0.25) is 0 Å². The zero-order valence-corrected chi connectivity index (χ0v) is 13.8. The highest BCUT2D eigenvalue weighted by molar-refractivity contribution is 6.10. The van der Waals surface area contributed by atoms with Crippen LogP contribution in [0.1, 0.15) is 39.5 Å². The third-order valence-corrected chi connectivity index (χ3v) is 5.53. The van der Waals surface area contributed by atoms with Crippen molar-refractivity contribution in [1.29, 1.82) is 0 Å². The van der Waals surface area contributed by atoms with Gasteiger partial charge in [0.25, 0.3) is 11.8 Å². The molecule has 1 N–H and O–H groups in total. The van der Waals surface area contributed by atoms with Crippen molar-refractivity contribution in [3.63, 3.8) is 0 Å². The number of hydrogen-bond donors (Lipinski definition) is 1. The van der Waals surface area contributed by atoms with Crippen LogP contribution in [-0.2, 0) is 9.59 Å². The van der Waals surface area contributed by atoms with Gasteiger partial charge in [0.05, 0.1) is 0 Å². The van der Waals surface area contributed by atoms with Crippen LogP contribution in [-0.4, -0.2) is 72.0 Å². The van der Waals surface area contributed by atoms with Crippen LogP contribution < -0.4 is 5.32 Å². The number of carbonyl (C=O) groups is 2. The number of nitrogens with zero attached hydrogens (tertiary/aromatic N) is 3. The van der Waals surface area contributed by atoms with E-state index in [1.54, 1.807) is 10.0 Å². The standard InChI is InChI=1S/C16H28N4O2/c1-3-19-14(21)16(15(22)20(19)4-2)8-5-11-18(12-16)13-6-9-17-10-7-13/h13,17H,3-12H2,1-2H3. The van der Waals surface area contributed by atoms with Crippen LogP contribution in [0.5, 0.6) is 0 Å². The predicted molar refractivity (Wildman–Crippen MR) is 83.9 cm³/mol. The maximum atomic E-state index is 12.9. The molecule has 0 aliphatic carbocycles. The number of hydrazine groups is 1. The second-order valence-electron chi connectivity index (χ2n) is 6.68. The molecule has 124 valence electrons. The van der Waals surface area contributed by atoms with E-state index >= 15 is 0 Å². The Bertz CT molecular complexity index is 425. The molecule has 0 saturated carbocycles. The molecule has 0 atom stereocenters. The number of carbonyl (C=O) groups excluding carboxylic acids is 2. The molecule has 3 rings (SSSR count). The molecule has 3 aliphatic rings. The van der Waals surface area contributed by atoms with E-state index in [2.05, 4.69) is 10.2 Å². The lowest BCUT2D eigenvalue weighted by Crippen LogP contribution is -2.55. The second kappa shape index (κ2) is 6.16. The predicted octanol–water partition coefficient (Wildman–Crippen LogP) is 0.446. The van der Waals surface area contributed by atoms with E-state index in [0.29, 0.717) is 32.1 Å². The Labute approximate surface area is 132 Å². The highest BCUT2D eigenvalue weighted by Gasteiger charge is 2.59. The zero-order chi connectivity index (χ0) is 15.7. The van der Waals surface area contributed by atoms with Crippen LogP contribution in [0.25, 0.3) is 0 Å². The lowest BCUT2D eigenvalue weighted by atomic mass is 9.78. The SMILES string of the molecule is CCN1C(=O)C2(CCCN(C3CCNCC3)C2)C(=O)N1CC. The minimum atomic E-state index is -0.810. The van der Waals surface area contributed by atoms with Gasteiger partial charge in [0, 0.05) is 25.7 Å². The second-order valence-corrected chi connectivity index (χ2v) is 6.68. The minimum Gasteiger partial charge on any atom is -0.317 e. The quantitative estimate of drug-likeness (QED) is 0.769. The Balaban J connectivity index is 1.82. The Morgan fingerprint density at radius 2 is 1.68 bits per heavy atom. The third-order valence-electron chi connectivity index (χ3n) is 5.53. The van der Waals surface area contributed by atoms with Gasteiger partial charge in [-0.1, -0.05) is 0 Å². The minimum absolute atomic E-state index is 0.0282. The molecular weight excluding hydrogens is 280 g/mol. The molecule has 3 heterocycles. The summed E-state index contributed by atoms with van der Waals surface area (Å²) in [6, 6.07) is 0.518. The summed E-state index contributed by atoms with van der Waals surface area (Å²) in [7, 11) is 0. The van der Waals surface area contributed by atoms with Crippen molar-refractivity contribution in [2.45, 2.75) is 45.6 Å². The van der Waals surface area contributed by atoms with Gasteiger partial charge in [-0.05, 0) is 59.2 Å². The third kappa shape index (κ3) is 2.33. The molecule has 3 fully saturated rings. The average molecular weight is 308 g/mol. The molecule has 6 heteroatoms. The lowest BCUT2D eigenvalue weighted by molar-refractivity contribution is -0.145. The largest absolute Gasteiger partial charge is 0.317 e. The van der Waals surface area contributed by atoms with Crippen molar-refractivity contribution in [2.24, 2.45) is 5.41 Å². The molecule has 0 bridgehead atoms. The summed E-state index contributed by atoms with van der Waals surface area (Å²) in [5, 5.41) is 6.71. The molecule has 22 heavy (non-hydrogen) atoms. The monoisotopic (exact) mass is 308 g/mol. The molecule has 3 saturated heterocycles. The summed E-state index contributed by atoms with van der Waals surface area (Å²) in [5.41, 5.74) is -0.810. The zero-order valence-electron chi connectivity index (χ0n) is 13.8. The van der Waals surface area contributed by atoms with E-state index < -0.39 is 5.41 Å². The topological polar surface area (TPSA) is 55.9 Å². The molecule has 0 aromatic rings. The molecule has 0 radical (unpaired) electrons. The van der Waals surface area contributed by atoms with Gasteiger partial charge in [-0.3, -0.25) is 24.5 Å². The molecule has 1 spiro atoms. The summed E-state index contributed by atoms with van der Waals surface area (Å²) in [5.74, 6) is 0.0565. The van der Waals surface area contributed by atoms with Gasteiger partial charge in [0.15, 0.2) is 0 Å². The van der Waals surface area contributed by atoms with Crippen molar-refractivity contribution >= 4 is 11.8 Å². The average Bonchev–Trinajstić information content (AvgIpc) is 2.77.